The Morgan fingerprint density at radius 2 is 2.12 bits per heavy atom. The maximum Gasteiger partial charge on any atom is 0.203 e. The van der Waals surface area contributed by atoms with Gasteiger partial charge >= 0.3 is 0 Å². The molecule has 0 bridgehead atoms. The van der Waals surface area contributed by atoms with Gasteiger partial charge in [-0.2, -0.15) is 0 Å². The Balaban J connectivity index is 2.07. The minimum absolute atomic E-state index is 0.465. The van der Waals surface area contributed by atoms with Crippen LogP contribution in [0.15, 0.2) is 22.8 Å². The van der Waals surface area contributed by atoms with Gasteiger partial charge < -0.3 is 10.2 Å². The second kappa shape index (κ2) is 3.94. The molecule has 7 heteroatoms. The lowest BCUT2D eigenvalue weighted by Crippen LogP contribution is -1.80. The number of thiazole rings is 1. The number of aromatic nitrogens is 3. The molecule has 0 aromatic carbocycles. The number of hydrogen-bond donors (Lipinski definition) is 1. The first-order valence-electron chi connectivity index (χ1n) is 4.84. The molecule has 0 amide bonds. The largest absolute Gasteiger partial charge is 0.462 e. The van der Waals surface area contributed by atoms with E-state index >= 15 is 0 Å². The summed E-state index contributed by atoms with van der Waals surface area (Å²) in [7, 11) is 0. The maximum atomic E-state index is 5.58. The molecule has 0 aliphatic heterocycles. The predicted molar refractivity (Wildman–Crippen MR) is 67.9 cm³/mol. The van der Waals surface area contributed by atoms with Crippen LogP contribution in [0.1, 0.15) is 5.69 Å². The summed E-state index contributed by atoms with van der Waals surface area (Å²) in [5.41, 5.74) is 6.49. The molecular weight excluding hydrogens is 256 g/mol. The van der Waals surface area contributed by atoms with Crippen molar-refractivity contribution in [2.45, 2.75) is 6.92 Å². The van der Waals surface area contributed by atoms with Crippen molar-refractivity contribution < 1.29 is 4.42 Å². The molecule has 3 rings (SSSR count). The van der Waals surface area contributed by atoms with Crippen molar-refractivity contribution in [1.29, 1.82) is 0 Å². The molecule has 0 aliphatic rings. The molecule has 3 aromatic heterocycles. The number of hydrogen-bond acceptors (Lipinski definition) is 7. The molecule has 5 nitrogen and oxygen atoms in total. The number of furan rings is 1. The molecule has 0 saturated carbocycles. The summed E-state index contributed by atoms with van der Waals surface area (Å²) in [5, 5.41) is 9.94. The van der Waals surface area contributed by atoms with E-state index in [4.69, 9.17) is 10.2 Å². The summed E-state index contributed by atoms with van der Waals surface area (Å²) in [6.45, 7) is 1.94. The fraction of sp³-hybridized carbons (Fsp3) is 0.100. The fourth-order valence-electron chi connectivity index (χ4n) is 1.43. The number of nitrogens with zero attached hydrogens (tertiary/aromatic N) is 3. The molecule has 0 fully saturated rings. The standard InChI is InChI=1S/C10H8N4OS2/c1-5-7(9-13-14-10(11)17-9)16-8(12-5)6-3-2-4-15-6/h2-4H,1H3,(H2,11,14). The van der Waals surface area contributed by atoms with Crippen LogP contribution in [-0.2, 0) is 0 Å². The van der Waals surface area contributed by atoms with E-state index in [9.17, 15) is 0 Å². The van der Waals surface area contributed by atoms with Crippen LogP contribution in [-0.4, -0.2) is 15.2 Å². The molecule has 86 valence electrons. The maximum absolute atomic E-state index is 5.58. The first-order chi connectivity index (χ1) is 8.24. The van der Waals surface area contributed by atoms with Crippen molar-refractivity contribution in [3.05, 3.63) is 24.1 Å². The SMILES string of the molecule is Cc1nc(-c2ccco2)sc1-c1nnc(N)s1. The molecular formula is C10H8N4OS2. The van der Waals surface area contributed by atoms with Gasteiger partial charge in [0, 0.05) is 0 Å². The first kappa shape index (κ1) is 10.4. The number of nitrogen functional groups attached to an aromatic ring is 1. The first-order valence-corrected chi connectivity index (χ1v) is 6.48. The average molecular weight is 264 g/mol. The third-order valence-corrected chi connectivity index (χ3v) is 4.24. The highest BCUT2D eigenvalue weighted by molar-refractivity contribution is 7.24. The monoisotopic (exact) mass is 264 g/mol. The van der Waals surface area contributed by atoms with E-state index < -0.39 is 0 Å². The molecule has 0 radical (unpaired) electrons. The molecule has 0 atom stereocenters. The van der Waals surface area contributed by atoms with Gasteiger partial charge in [0.25, 0.3) is 0 Å². The van der Waals surface area contributed by atoms with Crippen LogP contribution in [0.4, 0.5) is 5.13 Å². The summed E-state index contributed by atoms with van der Waals surface area (Å²) in [6, 6.07) is 3.73. The zero-order chi connectivity index (χ0) is 11.8. The Morgan fingerprint density at radius 3 is 2.76 bits per heavy atom. The molecule has 3 heterocycles. The zero-order valence-electron chi connectivity index (χ0n) is 8.88. The second-order valence-electron chi connectivity index (χ2n) is 3.36. The van der Waals surface area contributed by atoms with Gasteiger partial charge in [-0.1, -0.05) is 11.3 Å². The van der Waals surface area contributed by atoms with Gasteiger partial charge in [0.05, 0.1) is 16.8 Å². The quantitative estimate of drug-likeness (QED) is 0.770. The molecule has 0 saturated heterocycles. The van der Waals surface area contributed by atoms with Gasteiger partial charge in [-0.15, -0.1) is 21.5 Å². The Labute approximate surface area is 105 Å². The van der Waals surface area contributed by atoms with Gasteiger partial charge in [-0.05, 0) is 19.1 Å². The topological polar surface area (TPSA) is 77.8 Å². The van der Waals surface area contributed by atoms with Crippen LogP contribution < -0.4 is 5.73 Å². The summed E-state index contributed by atoms with van der Waals surface area (Å²) in [4.78, 5) is 5.45. The number of nitrogens with two attached hydrogens (primary N) is 1. The van der Waals surface area contributed by atoms with E-state index in [1.54, 1.807) is 6.26 Å². The van der Waals surface area contributed by atoms with E-state index in [0.29, 0.717) is 5.13 Å². The van der Waals surface area contributed by atoms with E-state index in [1.807, 2.05) is 19.1 Å². The van der Waals surface area contributed by atoms with Gasteiger partial charge in [0.2, 0.25) is 5.13 Å². The Hall–Kier alpha value is -1.73. The van der Waals surface area contributed by atoms with Gasteiger partial charge in [-0.3, -0.25) is 0 Å². The highest BCUT2D eigenvalue weighted by Crippen LogP contribution is 2.36. The number of anilines is 1. The van der Waals surface area contributed by atoms with Crippen LogP contribution in [0, 0.1) is 6.92 Å². The minimum Gasteiger partial charge on any atom is -0.462 e. The highest BCUT2D eigenvalue weighted by atomic mass is 32.1. The summed E-state index contributed by atoms with van der Waals surface area (Å²) in [6.07, 6.45) is 1.63. The van der Waals surface area contributed by atoms with Crippen LogP contribution in [0.3, 0.4) is 0 Å². The Morgan fingerprint density at radius 1 is 1.24 bits per heavy atom. The molecule has 0 spiro atoms. The molecule has 3 aromatic rings. The lowest BCUT2D eigenvalue weighted by atomic mass is 10.4. The van der Waals surface area contributed by atoms with Gasteiger partial charge in [0.15, 0.2) is 15.8 Å². The zero-order valence-corrected chi connectivity index (χ0v) is 10.5. The molecule has 2 N–H and O–H groups in total. The summed E-state index contributed by atoms with van der Waals surface area (Å²) < 4.78 is 5.32. The van der Waals surface area contributed by atoms with Gasteiger partial charge in [-0.25, -0.2) is 4.98 Å². The van der Waals surface area contributed by atoms with E-state index in [2.05, 4.69) is 15.2 Å². The average Bonchev–Trinajstić information content (AvgIpc) is 2.97. The van der Waals surface area contributed by atoms with Crippen LogP contribution in [0.25, 0.3) is 20.7 Å². The van der Waals surface area contributed by atoms with Crippen molar-refractivity contribution >= 4 is 27.8 Å². The molecule has 0 unspecified atom stereocenters. The fourth-order valence-corrected chi connectivity index (χ4v) is 3.19. The number of aryl methyl sites for hydroxylation is 1. The van der Waals surface area contributed by atoms with E-state index in [-0.39, 0.29) is 0 Å². The minimum atomic E-state index is 0.465. The number of rotatable bonds is 2. The Bertz CT molecular complexity index is 641. The van der Waals surface area contributed by atoms with E-state index in [1.165, 1.54) is 22.7 Å². The lowest BCUT2D eigenvalue weighted by Gasteiger charge is -1.87. The van der Waals surface area contributed by atoms with Crippen molar-refractivity contribution in [2.24, 2.45) is 0 Å². The third-order valence-electron chi connectivity index (χ3n) is 2.16. The van der Waals surface area contributed by atoms with Crippen molar-refractivity contribution in [3.63, 3.8) is 0 Å². The van der Waals surface area contributed by atoms with Crippen LogP contribution in [0.2, 0.25) is 0 Å². The van der Waals surface area contributed by atoms with Crippen molar-refractivity contribution in [2.75, 3.05) is 5.73 Å². The summed E-state index contributed by atoms with van der Waals surface area (Å²) in [5.74, 6) is 0.766. The van der Waals surface area contributed by atoms with Gasteiger partial charge in [0.1, 0.15) is 0 Å². The second-order valence-corrected chi connectivity index (χ2v) is 5.36. The van der Waals surface area contributed by atoms with Crippen LogP contribution in [0.5, 0.6) is 0 Å². The lowest BCUT2D eigenvalue weighted by molar-refractivity contribution is 0.581. The van der Waals surface area contributed by atoms with Crippen LogP contribution >= 0.6 is 22.7 Å². The molecule has 17 heavy (non-hydrogen) atoms. The third kappa shape index (κ3) is 1.83. The van der Waals surface area contributed by atoms with E-state index in [0.717, 1.165) is 26.3 Å². The predicted octanol–water partition coefficient (Wildman–Crippen LogP) is 2.81. The highest BCUT2D eigenvalue weighted by Gasteiger charge is 2.15. The smallest absolute Gasteiger partial charge is 0.203 e. The van der Waals surface area contributed by atoms with Crippen molar-refractivity contribution in [1.82, 2.24) is 15.2 Å². The normalized spacial score (nSPS) is 10.9. The summed E-state index contributed by atoms with van der Waals surface area (Å²) >= 11 is 2.89. The molecule has 0 aliphatic carbocycles. The Kier molecular flexibility index (Phi) is 2.41. The van der Waals surface area contributed by atoms with Crippen molar-refractivity contribution in [3.8, 4) is 20.7 Å².